The van der Waals surface area contributed by atoms with Gasteiger partial charge in [0, 0.05) is 13.1 Å². The molecule has 0 N–H and O–H groups in total. The highest BCUT2D eigenvalue weighted by molar-refractivity contribution is 7.89. The number of hydrogen-bond donors (Lipinski definition) is 0. The number of methoxy groups -OCH3 is 1. The molecule has 0 amide bonds. The first-order valence-corrected chi connectivity index (χ1v) is 10.8. The van der Waals surface area contributed by atoms with Crippen LogP contribution < -0.4 is 4.74 Å². The molecule has 0 atom stereocenters. The van der Waals surface area contributed by atoms with E-state index in [1.54, 1.807) is 37.3 Å². The highest BCUT2D eigenvalue weighted by Crippen LogP contribution is 2.23. The number of carbonyl (C=O) groups is 2. The van der Waals surface area contributed by atoms with Gasteiger partial charge in [-0.15, -0.1) is 0 Å². The van der Waals surface area contributed by atoms with E-state index < -0.39 is 28.4 Å². The molecule has 160 valence electrons. The Balaban J connectivity index is 1.75. The van der Waals surface area contributed by atoms with Crippen molar-refractivity contribution in [1.29, 1.82) is 0 Å². The SMILES string of the molecule is COc1ccccc1C(=O)COC(=O)c1ccc(C)c(S(=O)(=O)N2CCOCC2)c1. The summed E-state index contributed by atoms with van der Waals surface area (Å²) < 4.78 is 42.7. The summed E-state index contributed by atoms with van der Waals surface area (Å²) in [5.74, 6) is -0.821. The van der Waals surface area contributed by atoms with Crippen LogP contribution in [0.4, 0.5) is 0 Å². The Kier molecular flexibility index (Phi) is 6.86. The van der Waals surface area contributed by atoms with E-state index in [1.807, 2.05) is 0 Å². The number of benzene rings is 2. The Labute approximate surface area is 175 Å². The minimum atomic E-state index is -3.77. The van der Waals surface area contributed by atoms with Gasteiger partial charge < -0.3 is 14.2 Å². The number of nitrogens with zero attached hydrogens (tertiary/aromatic N) is 1. The molecule has 3 rings (SSSR count). The van der Waals surface area contributed by atoms with Gasteiger partial charge in [-0.1, -0.05) is 18.2 Å². The molecular formula is C21H23NO7S. The van der Waals surface area contributed by atoms with Crippen molar-refractivity contribution in [3.05, 3.63) is 59.2 Å². The van der Waals surface area contributed by atoms with Gasteiger partial charge in [-0.2, -0.15) is 4.31 Å². The van der Waals surface area contributed by atoms with E-state index in [4.69, 9.17) is 14.2 Å². The molecule has 8 nitrogen and oxygen atoms in total. The summed E-state index contributed by atoms with van der Waals surface area (Å²) in [6.45, 7) is 2.33. The van der Waals surface area contributed by atoms with E-state index in [0.29, 0.717) is 30.1 Å². The van der Waals surface area contributed by atoms with Gasteiger partial charge in [-0.05, 0) is 36.8 Å². The maximum atomic E-state index is 13.0. The predicted octanol–water partition coefficient (Wildman–Crippen LogP) is 2.06. The van der Waals surface area contributed by atoms with Crippen molar-refractivity contribution in [2.45, 2.75) is 11.8 Å². The Hall–Kier alpha value is -2.75. The summed E-state index contributed by atoms with van der Waals surface area (Å²) in [5.41, 5.74) is 0.871. The summed E-state index contributed by atoms with van der Waals surface area (Å²) in [6.07, 6.45) is 0. The molecule has 1 fully saturated rings. The summed E-state index contributed by atoms with van der Waals surface area (Å²) in [6, 6.07) is 10.9. The zero-order valence-electron chi connectivity index (χ0n) is 16.8. The lowest BCUT2D eigenvalue weighted by atomic mass is 10.1. The molecule has 0 radical (unpaired) electrons. The number of Topliss-reactive ketones (excluding diaryl/α,β-unsaturated/α-hetero) is 1. The fourth-order valence-electron chi connectivity index (χ4n) is 3.10. The third-order valence-corrected chi connectivity index (χ3v) is 6.79. The van der Waals surface area contributed by atoms with Crippen LogP contribution in [0.1, 0.15) is 26.3 Å². The fourth-order valence-corrected chi connectivity index (χ4v) is 4.76. The number of morpholine rings is 1. The monoisotopic (exact) mass is 433 g/mol. The molecule has 1 aliphatic rings. The molecule has 30 heavy (non-hydrogen) atoms. The van der Waals surface area contributed by atoms with E-state index in [2.05, 4.69) is 0 Å². The molecule has 1 aliphatic heterocycles. The van der Waals surface area contributed by atoms with E-state index in [-0.39, 0.29) is 23.5 Å². The first-order chi connectivity index (χ1) is 14.3. The van der Waals surface area contributed by atoms with E-state index in [0.717, 1.165) is 0 Å². The molecule has 0 saturated carbocycles. The minimum Gasteiger partial charge on any atom is -0.496 e. The van der Waals surface area contributed by atoms with Gasteiger partial charge in [0.1, 0.15) is 5.75 Å². The van der Waals surface area contributed by atoms with Crippen molar-refractivity contribution >= 4 is 21.8 Å². The third kappa shape index (κ3) is 4.69. The van der Waals surface area contributed by atoms with E-state index in [1.165, 1.54) is 23.5 Å². The van der Waals surface area contributed by atoms with Crippen molar-refractivity contribution in [3.63, 3.8) is 0 Å². The van der Waals surface area contributed by atoms with Gasteiger partial charge in [0.25, 0.3) is 0 Å². The molecule has 9 heteroatoms. The number of carbonyl (C=O) groups excluding carboxylic acids is 2. The lowest BCUT2D eigenvalue weighted by Crippen LogP contribution is -2.40. The number of esters is 1. The summed E-state index contributed by atoms with van der Waals surface area (Å²) in [5, 5.41) is 0. The van der Waals surface area contributed by atoms with Crippen LogP contribution in [0.15, 0.2) is 47.4 Å². The molecule has 0 spiro atoms. The van der Waals surface area contributed by atoms with Gasteiger partial charge in [0.05, 0.1) is 36.3 Å². The normalized spacial score (nSPS) is 14.9. The second-order valence-corrected chi connectivity index (χ2v) is 8.60. The number of ether oxygens (including phenoxy) is 3. The van der Waals surface area contributed by atoms with Crippen molar-refractivity contribution in [2.75, 3.05) is 40.0 Å². The second-order valence-electron chi connectivity index (χ2n) is 6.70. The molecule has 0 unspecified atom stereocenters. The Bertz CT molecular complexity index is 1040. The van der Waals surface area contributed by atoms with Crippen LogP contribution in [-0.2, 0) is 19.5 Å². The lowest BCUT2D eigenvalue weighted by molar-refractivity contribution is 0.0473. The van der Waals surface area contributed by atoms with Gasteiger partial charge in [0.2, 0.25) is 15.8 Å². The highest BCUT2D eigenvalue weighted by atomic mass is 32.2. The van der Waals surface area contributed by atoms with Gasteiger partial charge in [0.15, 0.2) is 6.61 Å². The molecule has 0 aromatic heterocycles. The minimum absolute atomic E-state index is 0.0369. The van der Waals surface area contributed by atoms with E-state index in [9.17, 15) is 18.0 Å². The Morgan fingerprint density at radius 2 is 1.80 bits per heavy atom. The highest BCUT2D eigenvalue weighted by Gasteiger charge is 2.28. The van der Waals surface area contributed by atoms with Crippen LogP contribution in [0.5, 0.6) is 5.75 Å². The molecule has 1 heterocycles. The first-order valence-electron chi connectivity index (χ1n) is 9.36. The zero-order valence-corrected chi connectivity index (χ0v) is 17.6. The van der Waals surface area contributed by atoms with Crippen LogP contribution in [0.3, 0.4) is 0 Å². The Morgan fingerprint density at radius 3 is 2.50 bits per heavy atom. The van der Waals surface area contributed by atoms with Gasteiger partial charge in [-0.25, -0.2) is 13.2 Å². The third-order valence-electron chi connectivity index (χ3n) is 4.75. The number of para-hydroxylation sites is 1. The molecule has 0 bridgehead atoms. The number of ketones is 1. The molecule has 2 aromatic carbocycles. The van der Waals surface area contributed by atoms with Crippen molar-refractivity contribution in [2.24, 2.45) is 0 Å². The van der Waals surface area contributed by atoms with E-state index >= 15 is 0 Å². The number of aryl methyl sites for hydroxylation is 1. The lowest BCUT2D eigenvalue weighted by Gasteiger charge is -2.26. The first kappa shape index (κ1) is 21.9. The Morgan fingerprint density at radius 1 is 1.10 bits per heavy atom. The second kappa shape index (κ2) is 9.38. The van der Waals surface area contributed by atoms with Crippen LogP contribution in [0.2, 0.25) is 0 Å². The fraction of sp³-hybridized carbons (Fsp3) is 0.333. The van der Waals surface area contributed by atoms with Gasteiger partial charge >= 0.3 is 5.97 Å². The zero-order chi connectivity index (χ0) is 21.7. The number of rotatable bonds is 7. The van der Waals surface area contributed by atoms with Crippen molar-refractivity contribution in [1.82, 2.24) is 4.31 Å². The summed E-state index contributed by atoms with van der Waals surface area (Å²) in [7, 11) is -2.32. The van der Waals surface area contributed by atoms with Crippen LogP contribution in [0, 0.1) is 6.92 Å². The molecule has 1 saturated heterocycles. The topological polar surface area (TPSA) is 99.2 Å². The van der Waals surface area contributed by atoms with Crippen LogP contribution in [0.25, 0.3) is 0 Å². The smallest absolute Gasteiger partial charge is 0.338 e. The molecule has 0 aliphatic carbocycles. The van der Waals surface area contributed by atoms with Crippen molar-refractivity contribution < 1.29 is 32.2 Å². The van der Waals surface area contributed by atoms with Crippen molar-refractivity contribution in [3.8, 4) is 5.75 Å². The van der Waals surface area contributed by atoms with Crippen LogP contribution >= 0.6 is 0 Å². The average Bonchev–Trinajstić information content (AvgIpc) is 2.77. The molecular weight excluding hydrogens is 410 g/mol. The average molecular weight is 433 g/mol. The quantitative estimate of drug-likeness (QED) is 0.487. The summed E-state index contributed by atoms with van der Waals surface area (Å²) in [4.78, 5) is 24.9. The number of sulfonamides is 1. The largest absolute Gasteiger partial charge is 0.496 e. The van der Waals surface area contributed by atoms with Gasteiger partial charge in [-0.3, -0.25) is 4.79 Å². The standard InChI is InChI=1S/C21H23NO7S/c1-15-7-8-16(13-20(15)30(25,26)22-9-11-28-12-10-22)21(24)29-14-18(23)17-5-3-4-6-19(17)27-2/h3-8,13H,9-12,14H2,1-2H3. The predicted molar refractivity (Wildman–Crippen MR) is 108 cm³/mol. The number of hydrogen-bond acceptors (Lipinski definition) is 7. The molecule has 2 aromatic rings. The van der Waals surface area contributed by atoms with Crippen LogP contribution in [-0.4, -0.2) is 64.5 Å². The maximum Gasteiger partial charge on any atom is 0.338 e. The maximum absolute atomic E-state index is 13.0. The summed E-state index contributed by atoms with van der Waals surface area (Å²) >= 11 is 0.